The average molecular weight is 412 g/mol. The van der Waals surface area contributed by atoms with Crippen LogP contribution in [0.1, 0.15) is 0 Å². The number of rotatable bonds is 0. The van der Waals surface area contributed by atoms with E-state index >= 15 is 0 Å². The van der Waals surface area contributed by atoms with E-state index in [1.807, 2.05) is 0 Å². The average Bonchev–Trinajstić information content (AvgIpc) is 0.722. The molecule has 0 saturated heterocycles. The van der Waals surface area contributed by atoms with Gasteiger partial charge in [0.05, 0.1) is 0 Å². The van der Waals surface area contributed by atoms with Crippen LogP contribution >= 0.6 is 67.8 Å². The number of hydrogen-bond acceptors (Lipinski definition) is 0. The molecule has 0 N–H and O–H groups in total. The van der Waals surface area contributed by atoms with Gasteiger partial charge in [-0.15, -0.1) is 0 Å². The third kappa shape index (κ3) is 23.1. The molecular weight excluding hydrogens is 412 g/mol. The van der Waals surface area contributed by atoms with Crippen molar-refractivity contribution in [3.05, 3.63) is 0 Å². The second kappa shape index (κ2) is 2.43. The van der Waals surface area contributed by atoms with E-state index in [0.717, 1.165) is 0 Å². The van der Waals surface area contributed by atoms with Crippen LogP contribution in [-0.4, -0.2) is -0.311 Å². The Kier molecular flexibility index (Phi) is 3.46. The fraction of sp³-hybridized carbons (Fsp3) is 1.00. The number of hydrogen-bond donors (Lipinski definition) is 0. The minimum Gasteiger partial charge on any atom is -0.209 e. The monoisotopic (exact) mass is 412 g/mol. The molecule has 0 rings (SSSR count). The van der Waals surface area contributed by atoms with Crippen molar-refractivity contribution in [1.29, 1.82) is 0 Å². The number of halogens is 4. The molecule has 0 aromatic rings. The normalized spacial score (nSPS) is 12.0. The molecule has 0 aromatic carbocycles. The molecule has 0 spiro atoms. The van der Waals surface area contributed by atoms with Crippen molar-refractivity contribution in [2.45, 2.75) is -0.311 Å². The molecule has 0 bridgehead atoms. The molecule has 0 aliphatic rings. The van der Waals surface area contributed by atoms with Gasteiger partial charge < -0.3 is 0 Å². The minimum atomic E-state index is -1.09. The highest BCUT2D eigenvalue weighted by atomic mass is 127. The molecular formula is CFI3. The van der Waals surface area contributed by atoms with Crippen LogP contribution in [0.25, 0.3) is 0 Å². The summed E-state index contributed by atoms with van der Waals surface area (Å²) in [5, 5.41) is 0. The van der Waals surface area contributed by atoms with Crippen LogP contribution in [-0.2, 0) is 0 Å². The molecule has 0 aliphatic heterocycles. The molecule has 0 fully saturated rings. The molecule has 0 unspecified atom stereocenters. The lowest BCUT2D eigenvalue weighted by Gasteiger charge is -1.91. The highest BCUT2D eigenvalue weighted by molar-refractivity contribution is 14.3. The quantitative estimate of drug-likeness (QED) is 0.425. The second-order valence-electron chi connectivity index (χ2n) is 0.429. The Hall–Kier alpha value is 2.12. The second-order valence-corrected chi connectivity index (χ2v) is 11.1. The molecule has 0 aromatic heterocycles. The molecule has 0 nitrogen and oxygen atoms in total. The largest absolute Gasteiger partial charge is 0.259 e. The van der Waals surface area contributed by atoms with Gasteiger partial charge in [0.2, 0.25) is 0 Å². The summed E-state index contributed by atoms with van der Waals surface area (Å²) in [4.78, 5) is 0. The molecule has 0 aliphatic carbocycles. The van der Waals surface area contributed by atoms with Crippen molar-refractivity contribution in [2.24, 2.45) is 0 Å². The first-order valence-electron chi connectivity index (χ1n) is 0.756. The summed E-state index contributed by atoms with van der Waals surface area (Å²) in [7, 11) is 0. The van der Waals surface area contributed by atoms with E-state index in [-0.39, 0.29) is 0 Å². The van der Waals surface area contributed by atoms with Gasteiger partial charge in [0, 0.05) is 0 Å². The number of alkyl halides is 4. The molecule has 32 valence electrons. The first-order valence-corrected chi connectivity index (χ1v) is 3.99. The van der Waals surface area contributed by atoms with Crippen molar-refractivity contribution < 1.29 is 4.39 Å². The topological polar surface area (TPSA) is 0 Å². The lowest BCUT2D eigenvalue weighted by atomic mass is 11.8. The summed E-state index contributed by atoms with van der Waals surface area (Å²) < 4.78 is 10.6. The molecule has 4 heteroatoms. The lowest BCUT2D eigenvalue weighted by molar-refractivity contribution is 0.587. The smallest absolute Gasteiger partial charge is 0.209 e. The Labute approximate surface area is 70.7 Å². The van der Waals surface area contributed by atoms with E-state index < -0.39 is -0.311 Å². The van der Waals surface area contributed by atoms with E-state index in [4.69, 9.17) is 0 Å². The van der Waals surface area contributed by atoms with Gasteiger partial charge in [-0.25, -0.2) is 4.39 Å². The van der Waals surface area contributed by atoms with Crippen LogP contribution in [0.4, 0.5) is 4.39 Å². The van der Waals surface area contributed by atoms with Crippen molar-refractivity contribution in [1.82, 2.24) is 0 Å². The Morgan fingerprint density at radius 3 is 1.20 bits per heavy atom. The molecule has 0 atom stereocenters. The summed E-state index contributed by atoms with van der Waals surface area (Å²) in [5.41, 5.74) is 0. The molecule has 0 radical (unpaired) electrons. The van der Waals surface area contributed by atoms with Crippen LogP contribution in [0.15, 0.2) is 0 Å². The zero-order valence-corrected chi connectivity index (χ0v) is 8.48. The van der Waals surface area contributed by atoms with Crippen molar-refractivity contribution >= 4 is 67.8 Å². The zero-order valence-electron chi connectivity index (χ0n) is 2.01. The van der Waals surface area contributed by atoms with E-state index in [1.165, 1.54) is 0 Å². The minimum absolute atomic E-state index is 1.09. The summed E-state index contributed by atoms with van der Waals surface area (Å²) in [5.74, 6) is 0. The maximum absolute atomic E-state index is 11.6. The van der Waals surface area contributed by atoms with Gasteiger partial charge in [-0.2, -0.15) is 0 Å². The third-order valence-electron chi connectivity index (χ3n) is 0. The first-order chi connectivity index (χ1) is 2.00. The Balaban J connectivity index is 3.02. The fourth-order valence-electron chi connectivity index (χ4n) is 0. The predicted molar refractivity (Wildman–Crippen MR) is 45.9 cm³/mol. The molecule has 0 saturated carbocycles. The fourth-order valence-corrected chi connectivity index (χ4v) is 0. The van der Waals surface area contributed by atoms with Gasteiger partial charge in [0.1, 0.15) is 0 Å². The SMILES string of the molecule is FC(I)(I)I. The summed E-state index contributed by atoms with van der Waals surface area (Å²) in [6.07, 6.45) is 0. The molecule has 0 amide bonds. The Morgan fingerprint density at radius 1 is 1.20 bits per heavy atom. The Bertz CT molecular complexity index is 22.4. The molecule has 5 heavy (non-hydrogen) atoms. The standard InChI is InChI=1S/CFI3/c2-1(3,4)5. The van der Waals surface area contributed by atoms with Gasteiger partial charge in [-0.05, 0) is 67.8 Å². The summed E-state index contributed by atoms with van der Waals surface area (Å²) in [6.45, 7) is 0. The van der Waals surface area contributed by atoms with Crippen molar-refractivity contribution in [3.63, 3.8) is 0 Å². The van der Waals surface area contributed by atoms with Gasteiger partial charge in [0.25, 0.3) is -0.311 Å². The highest BCUT2D eigenvalue weighted by Gasteiger charge is 2.11. The predicted octanol–water partition coefficient (Wildman–Crippen LogP) is 2.87. The van der Waals surface area contributed by atoms with E-state index in [9.17, 15) is 4.39 Å². The van der Waals surface area contributed by atoms with Gasteiger partial charge >= 0.3 is 0 Å². The molecule has 0 heterocycles. The summed E-state index contributed by atoms with van der Waals surface area (Å²) in [6, 6.07) is 0. The van der Waals surface area contributed by atoms with Crippen LogP contribution < -0.4 is 0 Å². The Morgan fingerprint density at radius 2 is 1.20 bits per heavy atom. The van der Waals surface area contributed by atoms with E-state index in [0.29, 0.717) is 0 Å². The van der Waals surface area contributed by atoms with Crippen molar-refractivity contribution in [3.8, 4) is 0 Å². The highest BCUT2D eigenvalue weighted by Crippen LogP contribution is 2.36. The summed E-state index contributed by atoms with van der Waals surface area (Å²) >= 11 is 5.05. The van der Waals surface area contributed by atoms with Crippen LogP contribution in [0, 0.1) is 0 Å². The lowest BCUT2D eigenvalue weighted by Crippen LogP contribution is -1.78. The van der Waals surface area contributed by atoms with Gasteiger partial charge in [0.15, 0.2) is 0 Å². The van der Waals surface area contributed by atoms with Crippen molar-refractivity contribution in [2.75, 3.05) is 0 Å². The first kappa shape index (κ1) is 7.12. The van der Waals surface area contributed by atoms with Gasteiger partial charge in [-0.3, -0.25) is 0 Å². The van der Waals surface area contributed by atoms with Crippen LogP contribution in [0.3, 0.4) is 0 Å². The van der Waals surface area contributed by atoms with E-state index in [2.05, 4.69) is 0 Å². The van der Waals surface area contributed by atoms with Gasteiger partial charge in [-0.1, -0.05) is 0 Å². The van der Waals surface area contributed by atoms with E-state index in [1.54, 1.807) is 67.8 Å². The zero-order chi connectivity index (χ0) is 4.50. The third-order valence-corrected chi connectivity index (χ3v) is 0. The maximum atomic E-state index is 11.6. The maximum Gasteiger partial charge on any atom is 0.259 e. The van der Waals surface area contributed by atoms with Crippen LogP contribution in [0.5, 0.6) is 0 Å². The van der Waals surface area contributed by atoms with Crippen LogP contribution in [0.2, 0.25) is 0 Å².